The summed E-state index contributed by atoms with van der Waals surface area (Å²) in [6.45, 7) is 5.26. The van der Waals surface area contributed by atoms with Gasteiger partial charge in [0.1, 0.15) is 11.3 Å². The first-order valence-electron chi connectivity index (χ1n) is 10.6. The number of hydrogen-bond donors (Lipinski definition) is 1. The zero-order valence-corrected chi connectivity index (χ0v) is 17.6. The molecular formula is C24H24N2O5. The molecule has 31 heavy (non-hydrogen) atoms. The number of aromatic nitrogens is 1. The molecule has 0 saturated carbocycles. The third-order valence-corrected chi connectivity index (χ3v) is 6.84. The van der Waals surface area contributed by atoms with Gasteiger partial charge in [-0.3, -0.25) is 9.59 Å². The number of likely N-dealkylation sites (tertiary alicyclic amines) is 1. The summed E-state index contributed by atoms with van der Waals surface area (Å²) in [5.74, 6) is 0.324. The first-order chi connectivity index (χ1) is 14.8. The minimum absolute atomic E-state index is 0.0118. The number of fused-ring (bicyclic) bond motifs is 5. The molecule has 0 radical (unpaired) electrons. The van der Waals surface area contributed by atoms with E-state index in [1.54, 1.807) is 31.2 Å². The first kappa shape index (κ1) is 19.6. The molecule has 0 unspecified atom stereocenters. The maximum atomic E-state index is 13.2. The lowest BCUT2D eigenvalue weighted by molar-refractivity contribution is -0.133. The molecule has 2 atom stereocenters. The van der Waals surface area contributed by atoms with Crippen LogP contribution in [0.4, 0.5) is 0 Å². The Kier molecular flexibility index (Phi) is 4.50. The Labute approximate surface area is 178 Å². The quantitative estimate of drug-likeness (QED) is 0.643. The minimum Gasteiger partial charge on any atom is -0.508 e. The topological polar surface area (TPSA) is 92.8 Å². The van der Waals surface area contributed by atoms with Crippen LogP contribution in [0.3, 0.4) is 0 Å². The van der Waals surface area contributed by atoms with Gasteiger partial charge in [0.25, 0.3) is 5.56 Å². The number of carbonyl (C=O) groups excluding carboxylic acids is 1. The molecule has 2 bridgehead atoms. The van der Waals surface area contributed by atoms with Gasteiger partial charge in [0.15, 0.2) is 0 Å². The van der Waals surface area contributed by atoms with Crippen molar-refractivity contribution in [3.05, 3.63) is 73.5 Å². The van der Waals surface area contributed by atoms with Crippen LogP contribution >= 0.6 is 0 Å². The fourth-order valence-corrected chi connectivity index (χ4v) is 5.15. The van der Waals surface area contributed by atoms with E-state index in [1.165, 1.54) is 0 Å². The van der Waals surface area contributed by atoms with Gasteiger partial charge in [-0.1, -0.05) is 6.07 Å². The third-order valence-electron chi connectivity index (χ3n) is 6.84. The minimum atomic E-state index is -0.541. The lowest BCUT2D eigenvalue weighted by Crippen LogP contribution is -2.49. The number of phenolic OH excluding ortho intramolecular Hbond substituents is 1. The van der Waals surface area contributed by atoms with Crippen molar-refractivity contribution in [3.8, 4) is 5.75 Å². The summed E-state index contributed by atoms with van der Waals surface area (Å²) in [4.78, 5) is 39.9. The van der Waals surface area contributed by atoms with Gasteiger partial charge in [-0.25, -0.2) is 4.79 Å². The van der Waals surface area contributed by atoms with Crippen molar-refractivity contribution in [2.75, 3.05) is 13.1 Å². The number of rotatable bonds is 2. The molecule has 4 heterocycles. The predicted molar refractivity (Wildman–Crippen MR) is 115 cm³/mol. The number of benzene rings is 1. The highest BCUT2D eigenvalue weighted by Crippen LogP contribution is 2.35. The Morgan fingerprint density at radius 3 is 2.71 bits per heavy atom. The van der Waals surface area contributed by atoms with Gasteiger partial charge >= 0.3 is 5.63 Å². The lowest BCUT2D eigenvalue weighted by atomic mass is 9.83. The molecule has 1 amide bonds. The van der Waals surface area contributed by atoms with Gasteiger partial charge in [0.05, 0.1) is 12.0 Å². The third kappa shape index (κ3) is 3.15. The van der Waals surface area contributed by atoms with Crippen LogP contribution < -0.4 is 11.2 Å². The van der Waals surface area contributed by atoms with Gasteiger partial charge in [-0.15, -0.1) is 0 Å². The van der Waals surface area contributed by atoms with Gasteiger partial charge in [-0.05, 0) is 49.9 Å². The van der Waals surface area contributed by atoms with Crippen molar-refractivity contribution in [1.82, 2.24) is 9.47 Å². The zero-order chi connectivity index (χ0) is 21.9. The Hall–Kier alpha value is -3.35. The number of pyridine rings is 1. The van der Waals surface area contributed by atoms with E-state index in [0.717, 1.165) is 17.5 Å². The van der Waals surface area contributed by atoms with E-state index in [0.29, 0.717) is 41.9 Å². The van der Waals surface area contributed by atoms with E-state index in [2.05, 4.69) is 0 Å². The average molecular weight is 420 g/mol. The summed E-state index contributed by atoms with van der Waals surface area (Å²) in [6, 6.07) is 8.61. The van der Waals surface area contributed by atoms with Crippen molar-refractivity contribution in [3.63, 3.8) is 0 Å². The number of amides is 1. The van der Waals surface area contributed by atoms with Crippen LogP contribution in [0.25, 0.3) is 11.0 Å². The summed E-state index contributed by atoms with van der Waals surface area (Å²) in [7, 11) is 0. The highest BCUT2D eigenvalue weighted by atomic mass is 16.4. The Morgan fingerprint density at radius 2 is 1.90 bits per heavy atom. The molecule has 0 aliphatic carbocycles. The number of phenols is 1. The largest absolute Gasteiger partial charge is 0.508 e. The zero-order valence-electron chi connectivity index (χ0n) is 17.6. The van der Waals surface area contributed by atoms with Gasteiger partial charge in [0.2, 0.25) is 5.91 Å². The first-order valence-corrected chi connectivity index (χ1v) is 10.6. The predicted octanol–water partition coefficient (Wildman–Crippen LogP) is 2.47. The van der Waals surface area contributed by atoms with Crippen LogP contribution in [-0.2, 0) is 17.8 Å². The van der Waals surface area contributed by atoms with Gasteiger partial charge in [0, 0.05) is 48.3 Å². The van der Waals surface area contributed by atoms with Crippen LogP contribution in [0.15, 0.2) is 44.3 Å². The van der Waals surface area contributed by atoms with Crippen molar-refractivity contribution < 1.29 is 14.3 Å². The average Bonchev–Trinajstić information content (AvgIpc) is 2.74. The molecule has 1 aromatic carbocycles. The molecule has 0 spiro atoms. The fraction of sp³-hybridized carbons (Fsp3) is 0.375. The summed E-state index contributed by atoms with van der Waals surface area (Å²) < 4.78 is 7.32. The molecule has 2 aliphatic rings. The number of piperidine rings is 1. The smallest absolute Gasteiger partial charge is 0.340 e. The Morgan fingerprint density at radius 1 is 1.10 bits per heavy atom. The van der Waals surface area contributed by atoms with Gasteiger partial charge in [-0.2, -0.15) is 0 Å². The summed E-state index contributed by atoms with van der Waals surface area (Å²) in [6.07, 6.45) is 0.943. The van der Waals surface area contributed by atoms with Crippen molar-refractivity contribution >= 4 is 16.9 Å². The molecule has 7 nitrogen and oxygen atoms in total. The SMILES string of the molecule is Cc1c(CC(=O)N2C[C@@H]3C[C@@H](C2)c2cccc(=O)n2C3)c(=O)oc2c(C)c(O)ccc12. The highest BCUT2D eigenvalue weighted by molar-refractivity contribution is 5.87. The van der Waals surface area contributed by atoms with E-state index in [4.69, 9.17) is 4.42 Å². The Bertz CT molecular complexity index is 1340. The summed E-state index contributed by atoms with van der Waals surface area (Å²) in [5, 5.41) is 10.6. The molecule has 160 valence electrons. The number of aryl methyl sites for hydroxylation is 2. The van der Waals surface area contributed by atoms with Crippen molar-refractivity contribution in [2.24, 2.45) is 5.92 Å². The molecule has 1 saturated heterocycles. The summed E-state index contributed by atoms with van der Waals surface area (Å²) in [5.41, 5.74) is 2.38. The molecule has 1 fully saturated rings. The highest BCUT2D eigenvalue weighted by Gasteiger charge is 2.36. The maximum absolute atomic E-state index is 13.2. The second kappa shape index (κ2) is 7.11. The molecule has 2 aliphatic heterocycles. The maximum Gasteiger partial charge on any atom is 0.340 e. The Balaban J connectivity index is 1.44. The van der Waals surface area contributed by atoms with Crippen LogP contribution in [0, 0.1) is 19.8 Å². The number of nitrogens with zero attached hydrogens (tertiary/aromatic N) is 2. The van der Waals surface area contributed by atoms with E-state index in [1.807, 2.05) is 22.5 Å². The molecule has 5 rings (SSSR count). The number of hydrogen-bond acceptors (Lipinski definition) is 5. The van der Waals surface area contributed by atoms with E-state index < -0.39 is 5.63 Å². The van der Waals surface area contributed by atoms with E-state index in [-0.39, 0.29) is 35.5 Å². The molecular weight excluding hydrogens is 396 g/mol. The van der Waals surface area contributed by atoms with Crippen LogP contribution in [-0.4, -0.2) is 33.6 Å². The van der Waals surface area contributed by atoms with Crippen molar-refractivity contribution in [2.45, 2.75) is 39.2 Å². The van der Waals surface area contributed by atoms with Crippen LogP contribution in [0.2, 0.25) is 0 Å². The summed E-state index contributed by atoms with van der Waals surface area (Å²) >= 11 is 0. The molecule has 1 N–H and O–H groups in total. The molecule has 3 aromatic rings. The molecule has 2 aromatic heterocycles. The number of carbonyl (C=O) groups is 1. The molecule has 7 heteroatoms. The second-order valence-electron chi connectivity index (χ2n) is 8.75. The van der Waals surface area contributed by atoms with Crippen molar-refractivity contribution in [1.29, 1.82) is 0 Å². The van der Waals surface area contributed by atoms with E-state index >= 15 is 0 Å². The lowest BCUT2D eigenvalue weighted by Gasteiger charge is -2.42. The van der Waals surface area contributed by atoms with Crippen LogP contribution in [0.5, 0.6) is 5.75 Å². The van der Waals surface area contributed by atoms with E-state index in [9.17, 15) is 19.5 Å². The number of aromatic hydroxyl groups is 1. The normalized spacial score (nSPS) is 20.0. The monoisotopic (exact) mass is 420 g/mol. The standard InChI is InChI=1S/C24H24N2O5/c1-13-17-6-7-20(27)14(2)23(17)31-24(30)18(13)9-22(29)25-10-15-8-16(12-25)19-4-3-5-21(28)26(19)11-15/h3-7,15-16,27H,8-12H2,1-2H3/t15-,16-/m0/s1. The van der Waals surface area contributed by atoms with Crippen LogP contribution in [0.1, 0.15) is 34.7 Å². The van der Waals surface area contributed by atoms with Gasteiger partial charge < -0.3 is 19.0 Å². The second-order valence-corrected chi connectivity index (χ2v) is 8.75. The fourth-order valence-electron chi connectivity index (χ4n) is 5.15.